The SMILES string of the molecule is CC(C)NC(=O)C(C)NC(=O)N[C@H](C(=O)O)[C@@H](C)O. The molecule has 0 aliphatic rings. The molecule has 0 aromatic rings. The Hall–Kier alpha value is -1.83. The van der Waals surface area contributed by atoms with Crippen molar-refractivity contribution in [1.29, 1.82) is 0 Å². The van der Waals surface area contributed by atoms with Gasteiger partial charge in [0, 0.05) is 6.04 Å². The molecule has 8 heteroatoms. The summed E-state index contributed by atoms with van der Waals surface area (Å²) < 4.78 is 0. The summed E-state index contributed by atoms with van der Waals surface area (Å²) in [5.74, 6) is -1.74. The summed E-state index contributed by atoms with van der Waals surface area (Å²) in [4.78, 5) is 33.8. The average molecular weight is 275 g/mol. The third-order valence-corrected chi connectivity index (χ3v) is 2.21. The van der Waals surface area contributed by atoms with Crippen LogP contribution in [0.3, 0.4) is 0 Å². The third kappa shape index (κ3) is 6.61. The number of carbonyl (C=O) groups excluding carboxylic acids is 2. The smallest absolute Gasteiger partial charge is 0.328 e. The fraction of sp³-hybridized carbons (Fsp3) is 0.727. The Kier molecular flexibility index (Phi) is 6.84. The molecule has 0 saturated heterocycles. The normalized spacial score (nSPS) is 15.3. The number of aliphatic carboxylic acids is 1. The van der Waals surface area contributed by atoms with Gasteiger partial charge in [-0.05, 0) is 27.7 Å². The van der Waals surface area contributed by atoms with Crippen molar-refractivity contribution in [3.63, 3.8) is 0 Å². The summed E-state index contributed by atoms with van der Waals surface area (Å²) in [6, 6.07) is -3.14. The van der Waals surface area contributed by atoms with Gasteiger partial charge in [-0.1, -0.05) is 0 Å². The van der Waals surface area contributed by atoms with Gasteiger partial charge >= 0.3 is 12.0 Å². The van der Waals surface area contributed by atoms with Crippen LogP contribution >= 0.6 is 0 Å². The number of urea groups is 1. The number of rotatable bonds is 6. The van der Waals surface area contributed by atoms with Gasteiger partial charge in [-0.25, -0.2) is 9.59 Å². The molecule has 0 fully saturated rings. The molecule has 3 amide bonds. The predicted molar refractivity (Wildman–Crippen MR) is 67.5 cm³/mol. The highest BCUT2D eigenvalue weighted by atomic mass is 16.4. The van der Waals surface area contributed by atoms with E-state index in [1.54, 1.807) is 13.8 Å². The van der Waals surface area contributed by atoms with Crippen LogP contribution in [0.1, 0.15) is 27.7 Å². The molecule has 0 saturated carbocycles. The number of hydrogen-bond acceptors (Lipinski definition) is 4. The van der Waals surface area contributed by atoms with E-state index < -0.39 is 30.2 Å². The average Bonchev–Trinajstić information content (AvgIpc) is 2.23. The van der Waals surface area contributed by atoms with Crippen LogP contribution in [0.5, 0.6) is 0 Å². The third-order valence-electron chi connectivity index (χ3n) is 2.21. The Bertz CT molecular complexity index is 343. The largest absolute Gasteiger partial charge is 0.480 e. The van der Waals surface area contributed by atoms with Crippen LogP contribution in [-0.2, 0) is 9.59 Å². The Labute approximate surface area is 111 Å². The predicted octanol–water partition coefficient (Wildman–Crippen LogP) is -0.967. The molecule has 5 N–H and O–H groups in total. The molecule has 3 atom stereocenters. The van der Waals surface area contributed by atoms with Gasteiger partial charge in [-0.2, -0.15) is 0 Å². The van der Waals surface area contributed by atoms with Gasteiger partial charge in [-0.3, -0.25) is 4.79 Å². The number of carboxylic acids is 1. The van der Waals surface area contributed by atoms with Crippen molar-refractivity contribution < 1.29 is 24.6 Å². The first kappa shape index (κ1) is 17.2. The number of hydrogen-bond donors (Lipinski definition) is 5. The van der Waals surface area contributed by atoms with E-state index in [2.05, 4.69) is 16.0 Å². The fourth-order valence-corrected chi connectivity index (χ4v) is 1.24. The summed E-state index contributed by atoms with van der Waals surface area (Å²) in [6.45, 7) is 6.26. The summed E-state index contributed by atoms with van der Waals surface area (Å²) in [5, 5.41) is 24.9. The van der Waals surface area contributed by atoms with E-state index in [1.165, 1.54) is 13.8 Å². The topological polar surface area (TPSA) is 128 Å². The Morgan fingerprint density at radius 3 is 1.84 bits per heavy atom. The van der Waals surface area contributed by atoms with Crippen molar-refractivity contribution >= 4 is 17.9 Å². The maximum absolute atomic E-state index is 11.5. The van der Waals surface area contributed by atoms with Crippen molar-refractivity contribution in [3.8, 4) is 0 Å². The van der Waals surface area contributed by atoms with Crippen LogP contribution in [0.15, 0.2) is 0 Å². The number of carbonyl (C=O) groups is 3. The molecular weight excluding hydrogens is 254 g/mol. The van der Waals surface area contributed by atoms with Gasteiger partial charge in [0.15, 0.2) is 6.04 Å². The van der Waals surface area contributed by atoms with Gasteiger partial charge in [-0.15, -0.1) is 0 Å². The lowest BCUT2D eigenvalue weighted by Crippen LogP contribution is -2.55. The highest BCUT2D eigenvalue weighted by Gasteiger charge is 2.26. The van der Waals surface area contributed by atoms with E-state index in [0.29, 0.717) is 0 Å². The van der Waals surface area contributed by atoms with Gasteiger partial charge < -0.3 is 26.2 Å². The van der Waals surface area contributed by atoms with Gasteiger partial charge in [0.2, 0.25) is 5.91 Å². The molecule has 0 spiro atoms. The van der Waals surface area contributed by atoms with E-state index in [1.807, 2.05) is 0 Å². The van der Waals surface area contributed by atoms with E-state index in [4.69, 9.17) is 5.11 Å². The summed E-state index contributed by atoms with van der Waals surface area (Å²) in [7, 11) is 0. The zero-order valence-corrected chi connectivity index (χ0v) is 11.4. The Morgan fingerprint density at radius 2 is 1.47 bits per heavy atom. The van der Waals surface area contributed by atoms with Crippen LogP contribution in [0.2, 0.25) is 0 Å². The summed E-state index contributed by atoms with van der Waals surface area (Å²) in [6.07, 6.45) is -1.25. The van der Waals surface area contributed by atoms with Crippen molar-refractivity contribution in [1.82, 2.24) is 16.0 Å². The standard InChI is InChI=1S/C11H21N3O5/c1-5(2)12-9(16)6(3)13-11(19)14-8(7(4)15)10(17)18/h5-8,15H,1-4H3,(H,12,16)(H,17,18)(H2,13,14,19)/t6?,7-,8+/m1/s1. The number of aliphatic hydroxyl groups excluding tert-OH is 1. The molecule has 8 nitrogen and oxygen atoms in total. The van der Waals surface area contributed by atoms with E-state index in [-0.39, 0.29) is 11.9 Å². The number of amides is 3. The molecule has 0 radical (unpaired) electrons. The van der Waals surface area contributed by atoms with Gasteiger partial charge in [0.1, 0.15) is 6.04 Å². The second-order valence-corrected chi connectivity index (χ2v) is 4.56. The molecule has 0 aliphatic carbocycles. The molecule has 0 aliphatic heterocycles. The van der Waals surface area contributed by atoms with Crippen LogP contribution < -0.4 is 16.0 Å². The first-order valence-corrected chi connectivity index (χ1v) is 5.93. The number of nitrogens with one attached hydrogen (secondary N) is 3. The maximum Gasteiger partial charge on any atom is 0.328 e. The van der Waals surface area contributed by atoms with Gasteiger partial charge in [0.25, 0.3) is 0 Å². The molecule has 1 unspecified atom stereocenters. The van der Waals surface area contributed by atoms with Crippen molar-refractivity contribution in [2.75, 3.05) is 0 Å². The monoisotopic (exact) mass is 275 g/mol. The summed E-state index contributed by atoms with van der Waals surface area (Å²) in [5.41, 5.74) is 0. The Morgan fingerprint density at radius 1 is 0.947 bits per heavy atom. The summed E-state index contributed by atoms with van der Waals surface area (Å²) >= 11 is 0. The molecule has 0 aromatic heterocycles. The van der Waals surface area contributed by atoms with Crippen molar-refractivity contribution in [3.05, 3.63) is 0 Å². The molecule has 0 bridgehead atoms. The molecule has 0 aromatic carbocycles. The van der Waals surface area contributed by atoms with E-state index in [9.17, 15) is 19.5 Å². The van der Waals surface area contributed by atoms with Crippen LogP contribution in [0, 0.1) is 0 Å². The lowest BCUT2D eigenvalue weighted by atomic mass is 10.2. The number of aliphatic hydroxyl groups is 1. The molecule has 19 heavy (non-hydrogen) atoms. The minimum atomic E-state index is -1.43. The Balaban J connectivity index is 4.37. The van der Waals surface area contributed by atoms with Crippen molar-refractivity contribution in [2.24, 2.45) is 0 Å². The minimum Gasteiger partial charge on any atom is -0.480 e. The molecule has 0 rings (SSSR count). The number of carboxylic acid groups (broad SMARTS) is 1. The lowest BCUT2D eigenvalue weighted by molar-refractivity contribution is -0.141. The lowest BCUT2D eigenvalue weighted by Gasteiger charge is -2.20. The second kappa shape index (κ2) is 7.57. The van der Waals surface area contributed by atoms with E-state index in [0.717, 1.165) is 0 Å². The first-order chi connectivity index (χ1) is 8.65. The molecule has 0 heterocycles. The fourth-order valence-electron chi connectivity index (χ4n) is 1.24. The molecule has 110 valence electrons. The zero-order valence-electron chi connectivity index (χ0n) is 11.4. The van der Waals surface area contributed by atoms with Crippen molar-refractivity contribution in [2.45, 2.75) is 51.9 Å². The van der Waals surface area contributed by atoms with Crippen LogP contribution in [-0.4, -0.2) is 52.4 Å². The minimum absolute atomic E-state index is 0.0657. The highest BCUT2D eigenvalue weighted by molar-refractivity contribution is 5.88. The molecular formula is C11H21N3O5. The highest BCUT2D eigenvalue weighted by Crippen LogP contribution is 1.93. The van der Waals surface area contributed by atoms with Crippen LogP contribution in [0.25, 0.3) is 0 Å². The second-order valence-electron chi connectivity index (χ2n) is 4.56. The first-order valence-electron chi connectivity index (χ1n) is 5.93. The van der Waals surface area contributed by atoms with Gasteiger partial charge in [0.05, 0.1) is 6.10 Å². The quantitative estimate of drug-likeness (QED) is 0.426. The van der Waals surface area contributed by atoms with E-state index >= 15 is 0 Å². The van der Waals surface area contributed by atoms with Crippen LogP contribution in [0.4, 0.5) is 4.79 Å². The zero-order chi connectivity index (χ0) is 15.2. The maximum atomic E-state index is 11.5.